The van der Waals surface area contributed by atoms with E-state index in [2.05, 4.69) is 9.72 Å². The minimum Gasteiger partial charge on any atom is -0.468 e. The molecule has 1 aromatic rings. The predicted molar refractivity (Wildman–Crippen MR) is 55.1 cm³/mol. The Hall–Kier alpha value is -1.20. The molecule has 4 nitrogen and oxygen atoms in total. The van der Waals surface area contributed by atoms with Crippen LogP contribution in [-0.4, -0.2) is 24.1 Å². The zero-order valence-corrected chi connectivity index (χ0v) is 8.96. The van der Waals surface area contributed by atoms with Crippen LogP contribution >= 0.6 is 12.4 Å². The molecule has 0 saturated carbocycles. The standard InChI is InChI=1S/C9H11FN2O2.ClH/c1-14-9(13)7(11)5-6-3-2-4-12-8(6)10;/h2-4,7H,5,11H2,1H3;1H. The summed E-state index contributed by atoms with van der Waals surface area (Å²) in [5.41, 5.74) is 5.77. The van der Waals surface area contributed by atoms with Gasteiger partial charge in [-0.2, -0.15) is 4.39 Å². The van der Waals surface area contributed by atoms with Gasteiger partial charge >= 0.3 is 5.97 Å². The highest BCUT2D eigenvalue weighted by atomic mass is 35.5. The minimum absolute atomic E-state index is 0. The van der Waals surface area contributed by atoms with E-state index in [0.29, 0.717) is 5.56 Å². The first-order valence-corrected chi connectivity index (χ1v) is 4.08. The Morgan fingerprint density at radius 2 is 2.40 bits per heavy atom. The Labute approximate surface area is 93.0 Å². The summed E-state index contributed by atoms with van der Waals surface area (Å²) in [6, 6.07) is 2.27. The van der Waals surface area contributed by atoms with Crippen molar-refractivity contribution in [1.29, 1.82) is 0 Å². The molecule has 0 aliphatic rings. The van der Waals surface area contributed by atoms with Crippen LogP contribution in [0, 0.1) is 5.95 Å². The molecular formula is C9H12ClFN2O2. The number of ether oxygens (including phenoxy) is 1. The summed E-state index contributed by atoms with van der Waals surface area (Å²) in [5, 5.41) is 0. The van der Waals surface area contributed by atoms with Gasteiger partial charge in [0.15, 0.2) is 0 Å². The average molecular weight is 235 g/mol. The first kappa shape index (κ1) is 13.8. The topological polar surface area (TPSA) is 65.2 Å². The van der Waals surface area contributed by atoms with Crippen molar-refractivity contribution in [2.24, 2.45) is 5.73 Å². The molecule has 1 atom stereocenters. The predicted octanol–water partition coefficient (Wildman–Crippen LogP) is 0.685. The summed E-state index contributed by atoms with van der Waals surface area (Å²) in [6.45, 7) is 0. The lowest BCUT2D eigenvalue weighted by molar-refractivity contribution is -0.142. The molecule has 0 radical (unpaired) electrons. The van der Waals surface area contributed by atoms with Gasteiger partial charge in [0.1, 0.15) is 6.04 Å². The van der Waals surface area contributed by atoms with Crippen LogP contribution in [0.2, 0.25) is 0 Å². The average Bonchev–Trinajstić information content (AvgIpc) is 2.20. The first-order chi connectivity index (χ1) is 6.65. The van der Waals surface area contributed by atoms with Gasteiger partial charge in [0, 0.05) is 18.2 Å². The summed E-state index contributed by atoms with van der Waals surface area (Å²) in [5.74, 6) is -1.17. The van der Waals surface area contributed by atoms with Crippen molar-refractivity contribution < 1.29 is 13.9 Å². The van der Waals surface area contributed by atoms with E-state index >= 15 is 0 Å². The molecule has 84 valence electrons. The highest BCUT2D eigenvalue weighted by Crippen LogP contribution is 2.06. The van der Waals surface area contributed by atoms with Crippen LogP contribution in [0.4, 0.5) is 4.39 Å². The van der Waals surface area contributed by atoms with Gasteiger partial charge < -0.3 is 10.5 Å². The van der Waals surface area contributed by atoms with Crippen LogP contribution in [0.25, 0.3) is 0 Å². The Morgan fingerprint density at radius 3 is 2.93 bits per heavy atom. The Balaban J connectivity index is 0.00000196. The number of pyridine rings is 1. The zero-order chi connectivity index (χ0) is 10.6. The molecule has 0 saturated heterocycles. The number of halogens is 2. The maximum Gasteiger partial charge on any atom is 0.322 e. The molecule has 0 spiro atoms. The van der Waals surface area contributed by atoms with Crippen molar-refractivity contribution >= 4 is 18.4 Å². The largest absolute Gasteiger partial charge is 0.468 e. The van der Waals surface area contributed by atoms with E-state index in [-0.39, 0.29) is 18.8 Å². The molecule has 0 bridgehead atoms. The maximum absolute atomic E-state index is 13.0. The molecule has 6 heteroatoms. The number of carbonyl (C=O) groups excluding carboxylic acids is 1. The van der Waals surface area contributed by atoms with Crippen molar-refractivity contribution in [3.63, 3.8) is 0 Å². The first-order valence-electron chi connectivity index (χ1n) is 4.08. The molecule has 15 heavy (non-hydrogen) atoms. The fourth-order valence-electron chi connectivity index (χ4n) is 1.04. The van der Waals surface area contributed by atoms with E-state index in [9.17, 15) is 9.18 Å². The summed E-state index contributed by atoms with van der Waals surface area (Å²) >= 11 is 0. The number of nitrogens with zero attached hydrogens (tertiary/aromatic N) is 1. The molecular weight excluding hydrogens is 223 g/mol. The SMILES string of the molecule is COC(=O)C(N)Cc1cccnc1F.Cl. The number of aromatic nitrogens is 1. The number of methoxy groups -OCH3 is 1. The lowest BCUT2D eigenvalue weighted by Gasteiger charge is -2.08. The highest BCUT2D eigenvalue weighted by molar-refractivity contribution is 5.85. The fourth-order valence-corrected chi connectivity index (χ4v) is 1.04. The van der Waals surface area contributed by atoms with Gasteiger partial charge in [-0.05, 0) is 6.07 Å². The van der Waals surface area contributed by atoms with Gasteiger partial charge in [-0.1, -0.05) is 6.07 Å². The minimum atomic E-state index is -0.848. The van der Waals surface area contributed by atoms with E-state index < -0.39 is 18.0 Å². The lowest BCUT2D eigenvalue weighted by atomic mass is 10.1. The molecule has 0 fully saturated rings. The van der Waals surface area contributed by atoms with Gasteiger partial charge in [0.05, 0.1) is 7.11 Å². The molecule has 0 amide bonds. The van der Waals surface area contributed by atoms with Gasteiger partial charge in [0.2, 0.25) is 5.95 Å². The van der Waals surface area contributed by atoms with Crippen molar-refractivity contribution in [3.8, 4) is 0 Å². The van der Waals surface area contributed by atoms with Crippen LogP contribution in [-0.2, 0) is 16.0 Å². The second kappa shape index (κ2) is 6.31. The van der Waals surface area contributed by atoms with E-state index in [4.69, 9.17) is 5.73 Å². The van der Waals surface area contributed by atoms with Gasteiger partial charge in [-0.3, -0.25) is 4.79 Å². The summed E-state index contributed by atoms with van der Waals surface area (Å²) < 4.78 is 17.4. The summed E-state index contributed by atoms with van der Waals surface area (Å²) in [6.07, 6.45) is 1.43. The van der Waals surface area contributed by atoms with Gasteiger partial charge in [-0.25, -0.2) is 4.98 Å². The summed E-state index contributed by atoms with van der Waals surface area (Å²) in [7, 11) is 1.24. The Morgan fingerprint density at radius 1 is 1.73 bits per heavy atom. The second-order valence-electron chi connectivity index (χ2n) is 2.79. The number of rotatable bonds is 3. The second-order valence-corrected chi connectivity index (χ2v) is 2.79. The van der Waals surface area contributed by atoms with Crippen molar-refractivity contribution in [1.82, 2.24) is 4.98 Å². The van der Waals surface area contributed by atoms with Crippen LogP contribution in [0.15, 0.2) is 18.3 Å². The molecule has 0 aliphatic heterocycles. The molecule has 1 rings (SSSR count). The maximum atomic E-state index is 13.0. The van der Waals surface area contributed by atoms with Crippen molar-refractivity contribution in [2.45, 2.75) is 12.5 Å². The Kier molecular flexibility index (Phi) is 5.81. The number of hydrogen-bond donors (Lipinski definition) is 1. The number of hydrogen-bond acceptors (Lipinski definition) is 4. The van der Waals surface area contributed by atoms with Crippen molar-refractivity contribution in [2.75, 3.05) is 7.11 Å². The van der Waals surface area contributed by atoms with Crippen LogP contribution in [0.3, 0.4) is 0 Å². The van der Waals surface area contributed by atoms with Crippen LogP contribution in [0.1, 0.15) is 5.56 Å². The Bertz CT molecular complexity index is 336. The highest BCUT2D eigenvalue weighted by Gasteiger charge is 2.16. The number of nitrogens with two attached hydrogens (primary N) is 1. The zero-order valence-electron chi connectivity index (χ0n) is 8.14. The summed E-state index contributed by atoms with van der Waals surface area (Å²) in [4.78, 5) is 14.4. The molecule has 1 unspecified atom stereocenters. The van der Waals surface area contributed by atoms with E-state index in [0.717, 1.165) is 0 Å². The number of carbonyl (C=O) groups is 1. The van der Waals surface area contributed by atoms with Crippen molar-refractivity contribution in [3.05, 3.63) is 29.8 Å². The van der Waals surface area contributed by atoms with Crippen LogP contribution in [0.5, 0.6) is 0 Å². The third kappa shape index (κ3) is 3.81. The molecule has 1 heterocycles. The molecule has 0 aliphatic carbocycles. The fraction of sp³-hybridized carbons (Fsp3) is 0.333. The third-order valence-corrected chi connectivity index (χ3v) is 1.78. The molecule has 1 aromatic heterocycles. The van der Waals surface area contributed by atoms with E-state index in [1.54, 1.807) is 6.07 Å². The third-order valence-electron chi connectivity index (χ3n) is 1.78. The normalized spacial score (nSPS) is 11.4. The monoisotopic (exact) mass is 234 g/mol. The quantitative estimate of drug-likeness (QED) is 0.617. The van der Waals surface area contributed by atoms with Gasteiger partial charge in [-0.15, -0.1) is 12.4 Å². The van der Waals surface area contributed by atoms with Gasteiger partial charge in [0.25, 0.3) is 0 Å². The molecule has 2 N–H and O–H groups in total. The smallest absolute Gasteiger partial charge is 0.322 e. The molecule has 0 aromatic carbocycles. The van der Waals surface area contributed by atoms with Crippen LogP contribution < -0.4 is 5.73 Å². The van der Waals surface area contributed by atoms with E-state index in [1.165, 1.54) is 19.4 Å². The van der Waals surface area contributed by atoms with E-state index in [1.807, 2.05) is 0 Å². The number of esters is 1. The lowest BCUT2D eigenvalue weighted by Crippen LogP contribution is -2.33.